The number of halogens is 1. The fourth-order valence-corrected chi connectivity index (χ4v) is 1.96. The van der Waals surface area contributed by atoms with Crippen molar-refractivity contribution in [3.05, 3.63) is 17.0 Å². The molecule has 0 aliphatic carbocycles. The maximum absolute atomic E-state index is 6.07. The topological polar surface area (TPSA) is 37.8 Å². The molecule has 0 fully saturated rings. The Hall–Kier alpha value is -0.830. The first-order chi connectivity index (χ1) is 7.66. The summed E-state index contributed by atoms with van der Waals surface area (Å²) in [6.45, 7) is 7.34. The van der Waals surface area contributed by atoms with Crippen molar-refractivity contribution >= 4 is 17.4 Å². The second-order valence-corrected chi connectivity index (χ2v) is 4.57. The first-order valence-electron chi connectivity index (χ1n) is 5.91. The standard InChI is InChI=1S/C12H20ClN3/c1-4-5-6-7-14-12-10(9(2)3)11(13)15-8-16-12/h8-9H,4-7H2,1-3H3,(H,14,15,16). The molecule has 1 aromatic rings. The normalized spacial score (nSPS) is 10.8. The van der Waals surface area contributed by atoms with E-state index in [9.17, 15) is 0 Å². The molecule has 3 nitrogen and oxygen atoms in total. The van der Waals surface area contributed by atoms with Crippen LogP contribution in [-0.4, -0.2) is 16.5 Å². The van der Waals surface area contributed by atoms with Crippen molar-refractivity contribution in [1.29, 1.82) is 0 Å². The van der Waals surface area contributed by atoms with Gasteiger partial charge in [-0.25, -0.2) is 9.97 Å². The molecule has 1 heterocycles. The predicted octanol–water partition coefficient (Wildman–Crippen LogP) is 3.86. The highest BCUT2D eigenvalue weighted by Gasteiger charge is 2.12. The van der Waals surface area contributed by atoms with Crippen LogP contribution in [0.3, 0.4) is 0 Å². The Morgan fingerprint density at radius 1 is 1.31 bits per heavy atom. The summed E-state index contributed by atoms with van der Waals surface area (Å²) in [6.07, 6.45) is 5.14. The van der Waals surface area contributed by atoms with E-state index in [-0.39, 0.29) is 0 Å². The molecular formula is C12H20ClN3. The van der Waals surface area contributed by atoms with Crippen LogP contribution in [0.4, 0.5) is 5.82 Å². The van der Waals surface area contributed by atoms with Crippen LogP contribution in [-0.2, 0) is 0 Å². The van der Waals surface area contributed by atoms with Gasteiger partial charge in [-0.15, -0.1) is 0 Å². The quantitative estimate of drug-likeness (QED) is 0.607. The lowest BCUT2D eigenvalue weighted by molar-refractivity contribution is 0.739. The molecule has 90 valence electrons. The SMILES string of the molecule is CCCCCNc1ncnc(Cl)c1C(C)C. The number of aromatic nitrogens is 2. The van der Waals surface area contributed by atoms with Crippen molar-refractivity contribution < 1.29 is 0 Å². The number of unbranched alkanes of at least 4 members (excludes halogenated alkanes) is 2. The number of anilines is 1. The van der Waals surface area contributed by atoms with Crippen molar-refractivity contribution in [3.63, 3.8) is 0 Å². The van der Waals surface area contributed by atoms with Gasteiger partial charge in [0.05, 0.1) is 0 Å². The maximum atomic E-state index is 6.07. The van der Waals surface area contributed by atoms with Crippen molar-refractivity contribution in [2.45, 2.75) is 46.0 Å². The lowest BCUT2D eigenvalue weighted by atomic mass is 10.1. The number of rotatable bonds is 6. The Balaban J connectivity index is 2.67. The van der Waals surface area contributed by atoms with Gasteiger partial charge in [-0.05, 0) is 12.3 Å². The van der Waals surface area contributed by atoms with Crippen LogP contribution >= 0.6 is 11.6 Å². The summed E-state index contributed by atoms with van der Waals surface area (Å²) in [7, 11) is 0. The molecule has 0 aliphatic rings. The van der Waals surface area contributed by atoms with Crippen LogP contribution in [0, 0.1) is 0 Å². The van der Waals surface area contributed by atoms with Gasteiger partial charge < -0.3 is 5.32 Å². The van der Waals surface area contributed by atoms with E-state index in [0.29, 0.717) is 11.1 Å². The summed E-state index contributed by atoms with van der Waals surface area (Å²) in [6, 6.07) is 0. The Morgan fingerprint density at radius 3 is 2.69 bits per heavy atom. The van der Waals surface area contributed by atoms with Crippen molar-refractivity contribution in [2.24, 2.45) is 0 Å². The van der Waals surface area contributed by atoms with E-state index in [1.807, 2.05) is 0 Å². The lowest BCUT2D eigenvalue weighted by Crippen LogP contribution is -2.08. The number of hydrogen-bond donors (Lipinski definition) is 1. The fraction of sp³-hybridized carbons (Fsp3) is 0.667. The van der Waals surface area contributed by atoms with Gasteiger partial charge >= 0.3 is 0 Å². The van der Waals surface area contributed by atoms with Crippen LogP contribution < -0.4 is 5.32 Å². The zero-order chi connectivity index (χ0) is 12.0. The Labute approximate surface area is 103 Å². The van der Waals surface area contributed by atoms with Crippen LogP contribution in [0.25, 0.3) is 0 Å². The Morgan fingerprint density at radius 2 is 2.06 bits per heavy atom. The second kappa shape index (κ2) is 6.69. The zero-order valence-electron chi connectivity index (χ0n) is 10.3. The molecule has 0 spiro atoms. The van der Waals surface area contributed by atoms with Crippen molar-refractivity contribution in [1.82, 2.24) is 9.97 Å². The maximum Gasteiger partial charge on any atom is 0.138 e. The molecule has 1 rings (SSSR count). The average molecular weight is 242 g/mol. The summed E-state index contributed by atoms with van der Waals surface area (Å²) >= 11 is 6.07. The third kappa shape index (κ3) is 3.63. The monoisotopic (exact) mass is 241 g/mol. The van der Waals surface area contributed by atoms with Crippen molar-refractivity contribution in [2.75, 3.05) is 11.9 Å². The summed E-state index contributed by atoms with van der Waals surface area (Å²) < 4.78 is 0. The number of nitrogens with zero attached hydrogens (tertiary/aromatic N) is 2. The van der Waals surface area contributed by atoms with Crippen LogP contribution in [0.5, 0.6) is 0 Å². The van der Waals surface area contributed by atoms with Gasteiger partial charge in [0.2, 0.25) is 0 Å². The predicted molar refractivity (Wildman–Crippen MR) is 69.1 cm³/mol. The molecule has 0 unspecified atom stereocenters. The second-order valence-electron chi connectivity index (χ2n) is 4.22. The van der Waals surface area contributed by atoms with Crippen LogP contribution in [0.1, 0.15) is 51.5 Å². The van der Waals surface area contributed by atoms with Gasteiger partial charge in [0.15, 0.2) is 0 Å². The summed E-state index contributed by atoms with van der Waals surface area (Å²) in [4.78, 5) is 8.27. The molecule has 0 aromatic carbocycles. The fourth-order valence-electron chi connectivity index (χ4n) is 1.61. The van der Waals surface area contributed by atoms with Gasteiger partial charge in [0.25, 0.3) is 0 Å². The van der Waals surface area contributed by atoms with Gasteiger partial charge in [0.1, 0.15) is 17.3 Å². The molecule has 1 aromatic heterocycles. The molecule has 1 N–H and O–H groups in total. The molecule has 0 saturated carbocycles. The molecular weight excluding hydrogens is 222 g/mol. The van der Waals surface area contributed by atoms with Gasteiger partial charge in [-0.3, -0.25) is 0 Å². The first kappa shape index (κ1) is 13.2. The highest BCUT2D eigenvalue weighted by atomic mass is 35.5. The number of hydrogen-bond acceptors (Lipinski definition) is 3. The first-order valence-corrected chi connectivity index (χ1v) is 6.28. The van der Waals surface area contributed by atoms with E-state index in [1.54, 1.807) is 0 Å². The summed E-state index contributed by atoms with van der Waals surface area (Å²) in [5.74, 6) is 1.22. The molecule has 0 saturated heterocycles. The molecule has 0 amide bonds. The minimum absolute atomic E-state index is 0.336. The minimum Gasteiger partial charge on any atom is -0.370 e. The smallest absolute Gasteiger partial charge is 0.138 e. The highest BCUT2D eigenvalue weighted by molar-refractivity contribution is 6.30. The third-order valence-electron chi connectivity index (χ3n) is 2.49. The molecule has 4 heteroatoms. The van der Waals surface area contributed by atoms with E-state index in [0.717, 1.165) is 24.3 Å². The molecule has 0 aliphatic heterocycles. The van der Waals surface area contributed by atoms with Crippen molar-refractivity contribution in [3.8, 4) is 0 Å². The summed E-state index contributed by atoms with van der Waals surface area (Å²) in [5.41, 5.74) is 1.01. The molecule has 0 radical (unpaired) electrons. The van der Waals surface area contributed by atoms with E-state index in [2.05, 4.69) is 36.1 Å². The van der Waals surface area contributed by atoms with Gasteiger partial charge in [-0.1, -0.05) is 45.2 Å². The molecule has 16 heavy (non-hydrogen) atoms. The van der Waals surface area contributed by atoms with Crippen LogP contribution in [0.15, 0.2) is 6.33 Å². The van der Waals surface area contributed by atoms with E-state index in [1.165, 1.54) is 19.2 Å². The van der Waals surface area contributed by atoms with Gasteiger partial charge in [-0.2, -0.15) is 0 Å². The summed E-state index contributed by atoms with van der Waals surface area (Å²) in [5, 5.41) is 3.89. The lowest BCUT2D eigenvalue weighted by Gasteiger charge is -2.13. The van der Waals surface area contributed by atoms with E-state index in [4.69, 9.17) is 11.6 Å². The minimum atomic E-state index is 0.336. The zero-order valence-corrected chi connectivity index (χ0v) is 11.0. The van der Waals surface area contributed by atoms with E-state index >= 15 is 0 Å². The van der Waals surface area contributed by atoms with E-state index < -0.39 is 0 Å². The largest absolute Gasteiger partial charge is 0.370 e. The Kier molecular flexibility index (Phi) is 5.53. The molecule has 0 atom stereocenters. The third-order valence-corrected chi connectivity index (χ3v) is 2.79. The molecule has 0 bridgehead atoms. The Bertz CT molecular complexity index is 326. The average Bonchev–Trinajstić information content (AvgIpc) is 2.24. The number of nitrogens with one attached hydrogen (secondary N) is 1. The highest BCUT2D eigenvalue weighted by Crippen LogP contribution is 2.27. The van der Waals surface area contributed by atoms with Crippen LogP contribution in [0.2, 0.25) is 5.15 Å². The van der Waals surface area contributed by atoms with Gasteiger partial charge in [0, 0.05) is 12.1 Å².